The first-order valence-corrected chi connectivity index (χ1v) is 4.93. The second-order valence-corrected chi connectivity index (χ2v) is 3.13. The lowest BCUT2D eigenvalue weighted by Gasteiger charge is -1.92. The number of nitriles is 1. The predicted octanol–water partition coefficient (Wildman–Crippen LogP) is 2.86. The molecule has 0 aliphatic rings. The molecule has 0 aromatic carbocycles. The van der Waals surface area contributed by atoms with E-state index in [2.05, 4.69) is 6.92 Å². The minimum Gasteiger partial charge on any atom is -0.295 e. The van der Waals surface area contributed by atoms with Gasteiger partial charge in [0, 0.05) is 6.42 Å². The molecular weight excluding hydrogens is 170 g/mol. The van der Waals surface area contributed by atoms with Gasteiger partial charge in [-0.05, 0) is 29.7 Å². The first-order chi connectivity index (χ1) is 5.81. The highest BCUT2D eigenvalue weighted by Gasteiger charge is 1.94. The molecule has 0 fully saturated rings. The Hall–Kier alpha value is -0.750. The van der Waals surface area contributed by atoms with E-state index in [1.54, 1.807) is 0 Å². The zero-order valence-electron chi connectivity index (χ0n) is 7.25. The van der Waals surface area contributed by atoms with Crippen molar-refractivity contribution in [1.29, 1.82) is 5.26 Å². The van der Waals surface area contributed by atoms with Gasteiger partial charge in [0.15, 0.2) is 5.78 Å². The van der Waals surface area contributed by atoms with Gasteiger partial charge in [-0.1, -0.05) is 19.8 Å². The molecule has 0 unspecified atom stereocenters. The van der Waals surface area contributed by atoms with Gasteiger partial charge in [-0.2, -0.15) is 5.26 Å². The Morgan fingerprint density at radius 1 is 1.58 bits per heavy atom. The zero-order chi connectivity index (χ0) is 9.23. The van der Waals surface area contributed by atoms with Crippen LogP contribution in [0.2, 0.25) is 0 Å². The summed E-state index contributed by atoms with van der Waals surface area (Å²) in [5.41, 5.74) is 0. The molecule has 0 aromatic rings. The standard InChI is InChI=1S/C9H13NOS/c1-2-3-4-5-9(11)6-7-12-8-10/h6-7H,2-5H2,1H3/b7-6+. The van der Waals surface area contributed by atoms with E-state index in [-0.39, 0.29) is 5.78 Å². The fraction of sp³-hybridized carbons (Fsp3) is 0.556. The molecule has 2 nitrogen and oxygen atoms in total. The lowest BCUT2D eigenvalue weighted by atomic mass is 10.1. The number of thiocyanates is 1. The SMILES string of the molecule is CCCCCC(=O)/C=C/SC#N. The van der Waals surface area contributed by atoms with E-state index >= 15 is 0 Å². The lowest BCUT2D eigenvalue weighted by Crippen LogP contribution is -1.90. The van der Waals surface area contributed by atoms with Crippen molar-refractivity contribution in [3.63, 3.8) is 0 Å². The summed E-state index contributed by atoms with van der Waals surface area (Å²) >= 11 is 0.980. The van der Waals surface area contributed by atoms with Crippen LogP contribution in [0.3, 0.4) is 0 Å². The Balaban J connectivity index is 3.40. The quantitative estimate of drug-likeness (QED) is 0.361. The number of carbonyl (C=O) groups excluding carboxylic acids is 1. The van der Waals surface area contributed by atoms with Gasteiger partial charge in [-0.3, -0.25) is 4.79 Å². The maximum atomic E-state index is 11.0. The highest BCUT2D eigenvalue weighted by molar-refractivity contribution is 8.06. The third kappa shape index (κ3) is 7.36. The third-order valence-corrected chi connectivity index (χ3v) is 1.78. The lowest BCUT2D eigenvalue weighted by molar-refractivity contribution is -0.114. The monoisotopic (exact) mass is 183 g/mol. The summed E-state index contributed by atoms with van der Waals surface area (Å²) in [5.74, 6) is 0.117. The molecule has 0 saturated carbocycles. The van der Waals surface area contributed by atoms with Crippen molar-refractivity contribution < 1.29 is 4.79 Å². The number of nitrogens with zero attached hydrogens (tertiary/aromatic N) is 1. The average molecular weight is 183 g/mol. The first kappa shape index (κ1) is 11.2. The normalized spacial score (nSPS) is 10.0. The number of hydrogen-bond donors (Lipinski definition) is 0. The average Bonchev–Trinajstić information content (AvgIpc) is 2.06. The molecule has 0 N–H and O–H groups in total. The van der Waals surface area contributed by atoms with Crippen LogP contribution in [-0.4, -0.2) is 5.78 Å². The summed E-state index contributed by atoms with van der Waals surface area (Å²) in [6, 6.07) is 0. The second-order valence-electron chi connectivity index (χ2n) is 2.44. The molecule has 0 heterocycles. The van der Waals surface area contributed by atoms with E-state index in [1.807, 2.05) is 5.40 Å². The number of carbonyl (C=O) groups is 1. The Bertz CT molecular complexity index is 193. The molecule has 12 heavy (non-hydrogen) atoms. The van der Waals surface area contributed by atoms with Crippen molar-refractivity contribution in [1.82, 2.24) is 0 Å². The van der Waals surface area contributed by atoms with Crippen molar-refractivity contribution in [3.8, 4) is 5.40 Å². The summed E-state index contributed by atoms with van der Waals surface area (Å²) < 4.78 is 0. The van der Waals surface area contributed by atoms with Crippen LogP contribution < -0.4 is 0 Å². The largest absolute Gasteiger partial charge is 0.295 e. The van der Waals surface area contributed by atoms with Crippen LogP contribution in [0.15, 0.2) is 11.5 Å². The van der Waals surface area contributed by atoms with Crippen LogP contribution in [0.5, 0.6) is 0 Å². The number of rotatable bonds is 6. The van der Waals surface area contributed by atoms with Gasteiger partial charge in [-0.15, -0.1) is 0 Å². The summed E-state index contributed by atoms with van der Waals surface area (Å²) in [6.45, 7) is 2.10. The Morgan fingerprint density at radius 2 is 2.33 bits per heavy atom. The maximum absolute atomic E-state index is 11.0. The highest BCUT2D eigenvalue weighted by atomic mass is 32.2. The van der Waals surface area contributed by atoms with Crippen LogP contribution in [0.4, 0.5) is 0 Å². The Morgan fingerprint density at radius 3 is 2.92 bits per heavy atom. The molecular formula is C9H13NOS. The summed E-state index contributed by atoms with van der Waals surface area (Å²) in [4.78, 5) is 11.0. The fourth-order valence-corrected chi connectivity index (χ4v) is 1.05. The molecule has 0 saturated heterocycles. The minimum absolute atomic E-state index is 0.117. The topological polar surface area (TPSA) is 40.9 Å². The zero-order valence-corrected chi connectivity index (χ0v) is 8.06. The van der Waals surface area contributed by atoms with E-state index in [0.717, 1.165) is 31.0 Å². The Kier molecular flexibility index (Phi) is 7.83. The summed E-state index contributed by atoms with van der Waals surface area (Å²) in [5, 5.41) is 11.5. The van der Waals surface area contributed by atoms with E-state index in [4.69, 9.17) is 5.26 Å². The van der Waals surface area contributed by atoms with Gasteiger partial charge in [0.1, 0.15) is 5.40 Å². The van der Waals surface area contributed by atoms with E-state index in [0.29, 0.717) is 6.42 Å². The van der Waals surface area contributed by atoms with Crippen LogP contribution in [0, 0.1) is 10.7 Å². The number of hydrogen-bond acceptors (Lipinski definition) is 3. The molecule has 0 rings (SSSR count). The second kappa shape index (κ2) is 8.35. The van der Waals surface area contributed by atoms with E-state index in [9.17, 15) is 4.79 Å². The van der Waals surface area contributed by atoms with Crippen molar-refractivity contribution in [2.75, 3.05) is 0 Å². The third-order valence-electron chi connectivity index (χ3n) is 1.40. The minimum atomic E-state index is 0.117. The number of ketones is 1. The molecule has 0 aromatic heterocycles. The fourth-order valence-electron chi connectivity index (χ4n) is 0.773. The van der Waals surface area contributed by atoms with Gasteiger partial charge in [-0.25, -0.2) is 0 Å². The van der Waals surface area contributed by atoms with E-state index in [1.165, 1.54) is 11.5 Å². The summed E-state index contributed by atoms with van der Waals surface area (Å²) in [6.07, 6.45) is 5.27. The van der Waals surface area contributed by atoms with Gasteiger partial charge >= 0.3 is 0 Å². The predicted molar refractivity (Wildman–Crippen MR) is 51.5 cm³/mol. The molecule has 0 aliphatic heterocycles. The first-order valence-electron chi connectivity index (χ1n) is 4.05. The molecule has 0 aliphatic carbocycles. The van der Waals surface area contributed by atoms with Gasteiger partial charge < -0.3 is 0 Å². The van der Waals surface area contributed by atoms with Crippen LogP contribution in [0.1, 0.15) is 32.6 Å². The molecule has 0 spiro atoms. The highest BCUT2D eigenvalue weighted by Crippen LogP contribution is 2.03. The van der Waals surface area contributed by atoms with Crippen LogP contribution in [-0.2, 0) is 4.79 Å². The molecule has 3 heteroatoms. The smallest absolute Gasteiger partial charge is 0.156 e. The molecule has 66 valence electrons. The maximum Gasteiger partial charge on any atom is 0.156 e. The van der Waals surface area contributed by atoms with Gasteiger partial charge in [0.05, 0.1) is 0 Å². The molecule has 0 radical (unpaired) electrons. The van der Waals surface area contributed by atoms with Crippen molar-refractivity contribution in [3.05, 3.63) is 11.5 Å². The van der Waals surface area contributed by atoms with E-state index < -0.39 is 0 Å². The van der Waals surface area contributed by atoms with Gasteiger partial charge in [0.25, 0.3) is 0 Å². The van der Waals surface area contributed by atoms with Crippen molar-refractivity contribution in [2.45, 2.75) is 32.6 Å². The van der Waals surface area contributed by atoms with Gasteiger partial charge in [0.2, 0.25) is 0 Å². The number of thioether (sulfide) groups is 1. The van der Waals surface area contributed by atoms with Crippen molar-refractivity contribution >= 4 is 17.5 Å². The Labute approximate surface area is 77.6 Å². The number of allylic oxidation sites excluding steroid dienone is 1. The molecule has 0 bridgehead atoms. The molecule has 0 atom stereocenters. The summed E-state index contributed by atoms with van der Waals surface area (Å²) in [7, 11) is 0. The number of unbranched alkanes of at least 4 members (excludes halogenated alkanes) is 2. The van der Waals surface area contributed by atoms with Crippen LogP contribution in [0.25, 0.3) is 0 Å². The molecule has 0 amide bonds. The van der Waals surface area contributed by atoms with Crippen LogP contribution >= 0.6 is 11.8 Å². The van der Waals surface area contributed by atoms with Crippen molar-refractivity contribution in [2.24, 2.45) is 0 Å².